The molecule has 19 heavy (non-hydrogen) atoms. The first-order chi connectivity index (χ1) is 9.22. The van der Waals surface area contributed by atoms with Crippen molar-refractivity contribution < 1.29 is 0 Å². The minimum atomic E-state index is 0.533. The molecule has 0 amide bonds. The van der Waals surface area contributed by atoms with Gasteiger partial charge in [0.25, 0.3) is 0 Å². The molecule has 1 saturated carbocycles. The largest absolute Gasteiger partial charge is 0.295 e. The topological polar surface area (TPSA) is 46.8 Å². The van der Waals surface area contributed by atoms with E-state index in [9.17, 15) is 0 Å². The molecule has 1 heterocycles. The fourth-order valence-corrected chi connectivity index (χ4v) is 2.38. The summed E-state index contributed by atoms with van der Waals surface area (Å²) in [5.41, 5.74) is 1.29. The Morgan fingerprint density at radius 1 is 1.26 bits per heavy atom. The van der Waals surface area contributed by atoms with Crippen molar-refractivity contribution in [3.05, 3.63) is 40.1 Å². The van der Waals surface area contributed by atoms with Crippen molar-refractivity contribution in [2.75, 3.05) is 7.05 Å². The summed E-state index contributed by atoms with van der Waals surface area (Å²) in [4.78, 5) is 2.23. The Hall–Kier alpha value is -1.27. The van der Waals surface area contributed by atoms with Crippen LogP contribution in [0.4, 0.5) is 0 Å². The second-order valence-corrected chi connectivity index (χ2v) is 5.99. The zero-order chi connectivity index (χ0) is 13.2. The molecule has 1 aromatic carbocycles. The van der Waals surface area contributed by atoms with Gasteiger partial charge in [-0.25, -0.2) is 4.68 Å². The lowest BCUT2D eigenvalue weighted by Gasteiger charge is -2.16. The number of aromatic nitrogens is 4. The van der Waals surface area contributed by atoms with Crippen molar-refractivity contribution >= 4 is 15.9 Å². The van der Waals surface area contributed by atoms with Crippen LogP contribution in [0.5, 0.6) is 0 Å². The van der Waals surface area contributed by atoms with Crippen LogP contribution in [0.2, 0.25) is 0 Å². The van der Waals surface area contributed by atoms with Crippen LogP contribution in [-0.4, -0.2) is 32.2 Å². The van der Waals surface area contributed by atoms with Crippen molar-refractivity contribution in [3.63, 3.8) is 0 Å². The third-order valence-corrected chi connectivity index (χ3v) is 3.76. The van der Waals surface area contributed by atoms with Gasteiger partial charge in [-0.1, -0.05) is 28.1 Å². The van der Waals surface area contributed by atoms with Crippen LogP contribution in [-0.2, 0) is 13.1 Å². The van der Waals surface area contributed by atoms with Crippen LogP contribution in [0.15, 0.2) is 28.7 Å². The first kappa shape index (κ1) is 12.7. The van der Waals surface area contributed by atoms with Crippen LogP contribution in [0.3, 0.4) is 0 Å². The summed E-state index contributed by atoms with van der Waals surface area (Å²) in [7, 11) is 2.09. The molecule has 0 N–H and O–H groups in total. The van der Waals surface area contributed by atoms with Crippen LogP contribution in [0.25, 0.3) is 0 Å². The average Bonchev–Trinajstić information content (AvgIpc) is 3.13. The average molecular weight is 322 g/mol. The van der Waals surface area contributed by atoms with Gasteiger partial charge in [0.2, 0.25) is 0 Å². The van der Waals surface area contributed by atoms with E-state index in [4.69, 9.17) is 0 Å². The molecule has 0 saturated heterocycles. The van der Waals surface area contributed by atoms with Gasteiger partial charge in [-0.3, -0.25) is 4.90 Å². The lowest BCUT2D eigenvalue weighted by Crippen LogP contribution is -2.20. The maximum atomic E-state index is 4.13. The highest BCUT2D eigenvalue weighted by Gasteiger charge is 2.27. The zero-order valence-electron chi connectivity index (χ0n) is 10.8. The first-order valence-electron chi connectivity index (χ1n) is 6.42. The molecule has 0 spiro atoms. The monoisotopic (exact) mass is 321 g/mol. The number of rotatable bonds is 5. The molecule has 3 rings (SSSR count). The third-order valence-electron chi connectivity index (χ3n) is 3.23. The normalized spacial score (nSPS) is 15.1. The summed E-state index contributed by atoms with van der Waals surface area (Å²) < 4.78 is 3.08. The Bertz CT molecular complexity index is 546. The smallest absolute Gasteiger partial charge is 0.165 e. The summed E-state index contributed by atoms with van der Waals surface area (Å²) in [6.07, 6.45) is 2.41. The number of halogens is 1. The molecule has 1 fully saturated rings. The standard InChI is InChI=1S/C13H16BrN5/c1-18(8-10-2-4-11(14)5-3-10)9-13-15-16-17-19(13)12-6-7-12/h2-5,12H,6-9H2,1H3. The molecule has 1 aliphatic rings. The predicted octanol–water partition coefficient (Wildman–Crippen LogP) is 2.40. The molecule has 2 aromatic rings. The van der Waals surface area contributed by atoms with E-state index in [1.807, 2.05) is 4.68 Å². The number of hydrogen-bond acceptors (Lipinski definition) is 4. The summed E-state index contributed by atoms with van der Waals surface area (Å²) in [5.74, 6) is 0.960. The van der Waals surface area contributed by atoms with Gasteiger partial charge in [0.1, 0.15) is 0 Å². The van der Waals surface area contributed by atoms with E-state index in [1.54, 1.807) is 0 Å². The molecular weight excluding hydrogens is 306 g/mol. The Morgan fingerprint density at radius 2 is 2.00 bits per heavy atom. The maximum absolute atomic E-state index is 4.13. The minimum Gasteiger partial charge on any atom is -0.295 e. The summed E-state index contributed by atoms with van der Waals surface area (Å²) in [6, 6.07) is 8.93. The van der Waals surface area contributed by atoms with Crippen molar-refractivity contribution in [3.8, 4) is 0 Å². The second-order valence-electron chi connectivity index (χ2n) is 5.07. The van der Waals surface area contributed by atoms with Gasteiger partial charge in [-0.2, -0.15) is 0 Å². The van der Waals surface area contributed by atoms with Gasteiger partial charge in [0.05, 0.1) is 12.6 Å². The molecule has 1 aromatic heterocycles. The predicted molar refractivity (Wildman–Crippen MR) is 75.4 cm³/mol. The van der Waals surface area contributed by atoms with E-state index in [0.29, 0.717) is 6.04 Å². The summed E-state index contributed by atoms with van der Waals surface area (Å²) >= 11 is 3.45. The number of tetrazole rings is 1. The van der Waals surface area contributed by atoms with Crippen LogP contribution in [0, 0.1) is 0 Å². The van der Waals surface area contributed by atoms with Gasteiger partial charge >= 0.3 is 0 Å². The molecule has 5 nitrogen and oxygen atoms in total. The van der Waals surface area contributed by atoms with Crippen molar-refractivity contribution in [2.45, 2.75) is 32.0 Å². The molecule has 0 unspecified atom stereocenters. The maximum Gasteiger partial charge on any atom is 0.165 e. The second kappa shape index (κ2) is 5.38. The van der Waals surface area contributed by atoms with Gasteiger partial charge in [-0.15, -0.1) is 5.10 Å². The molecule has 0 atom stereocenters. The lowest BCUT2D eigenvalue weighted by molar-refractivity contribution is 0.302. The number of hydrogen-bond donors (Lipinski definition) is 0. The van der Waals surface area contributed by atoms with Crippen LogP contribution < -0.4 is 0 Å². The summed E-state index contributed by atoms with van der Waals surface area (Å²) in [5, 5.41) is 12.0. The number of nitrogens with zero attached hydrogens (tertiary/aromatic N) is 5. The van der Waals surface area contributed by atoms with E-state index in [-0.39, 0.29) is 0 Å². The first-order valence-corrected chi connectivity index (χ1v) is 7.21. The molecule has 0 bridgehead atoms. The third kappa shape index (κ3) is 3.19. The Morgan fingerprint density at radius 3 is 2.68 bits per heavy atom. The van der Waals surface area contributed by atoms with E-state index < -0.39 is 0 Å². The Labute approximate surface area is 120 Å². The molecule has 100 valence electrons. The Balaban J connectivity index is 1.62. The van der Waals surface area contributed by atoms with Gasteiger partial charge in [0.15, 0.2) is 5.82 Å². The fourth-order valence-electron chi connectivity index (χ4n) is 2.12. The van der Waals surface area contributed by atoms with Gasteiger partial charge < -0.3 is 0 Å². The molecule has 0 aliphatic heterocycles. The van der Waals surface area contributed by atoms with Gasteiger partial charge in [-0.05, 0) is 48.0 Å². The molecular formula is C13H16BrN5. The molecule has 0 radical (unpaired) electrons. The minimum absolute atomic E-state index is 0.533. The van der Waals surface area contributed by atoms with Gasteiger partial charge in [0, 0.05) is 11.0 Å². The van der Waals surface area contributed by atoms with E-state index in [2.05, 4.69) is 67.7 Å². The quantitative estimate of drug-likeness (QED) is 0.848. The highest BCUT2D eigenvalue weighted by Crippen LogP contribution is 2.34. The van der Waals surface area contributed by atoms with Crippen molar-refractivity contribution in [1.82, 2.24) is 25.1 Å². The zero-order valence-corrected chi connectivity index (χ0v) is 12.4. The summed E-state index contributed by atoms with van der Waals surface area (Å²) in [6.45, 7) is 1.67. The van der Waals surface area contributed by atoms with Crippen molar-refractivity contribution in [1.29, 1.82) is 0 Å². The molecule has 1 aliphatic carbocycles. The lowest BCUT2D eigenvalue weighted by atomic mass is 10.2. The number of benzene rings is 1. The van der Waals surface area contributed by atoms with E-state index in [1.165, 1.54) is 18.4 Å². The molecule has 6 heteroatoms. The highest BCUT2D eigenvalue weighted by atomic mass is 79.9. The van der Waals surface area contributed by atoms with Crippen molar-refractivity contribution in [2.24, 2.45) is 0 Å². The van der Waals surface area contributed by atoms with E-state index >= 15 is 0 Å². The highest BCUT2D eigenvalue weighted by molar-refractivity contribution is 9.10. The van der Waals surface area contributed by atoms with E-state index in [0.717, 1.165) is 23.4 Å². The van der Waals surface area contributed by atoms with Crippen LogP contribution >= 0.6 is 15.9 Å². The Kier molecular flexibility index (Phi) is 3.61. The fraction of sp³-hybridized carbons (Fsp3) is 0.462. The SMILES string of the molecule is CN(Cc1ccc(Br)cc1)Cc1nnnn1C1CC1. The van der Waals surface area contributed by atoms with Crippen LogP contribution in [0.1, 0.15) is 30.3 Å².